The summed E-state index contributed by atoms with van der Waals surface area (Å²) in [6.45, 7) is 4.19. The molecule has 16 N–H and O–H groups in total. The monoisotopic (exact) mass is 694 g/mol. The van der Waals surface area contributed by atoms with Gasteiger partial charge in [0, 0.05) is 12.6 Å². The molecule has 0 aromatic heterocycles. The highest BCUT2D eigenvalue weighted by molar-refractivity contribution is 5.91. The van der Waals surface area contributed by atoms with Crippen molar-refractivity contribution in [3.8, 4) is 5.75 Å². The molecule has 0 spiro atoms. The molecular formula is C30H50N10O9. The van der Waals surface area contributed by atoms with E-state index in [1.807, 2.05) is 0 Å². The molecule has 2 heterocycles. The summed E-state index contributed by atoms with van der Waals surface area (Å²) in [5.74, 6) is -0.225. The smallest absolute Gasteiger partial charge is 0.317 e. The summed E-state index contributed by atoms with van der Waals surface area (Å²) in [5.41, 5.74) is 22.6. The molecule has 49 heavy (non-hydrogen) atoms. The van der Waals surface area contributed by atoms with Gasteiger partial charge < -0.3 is 79.0 Å². The first-order valence-corrected chi connectivity index (χ1v) is 16.1. The summed E-state index contributed by atoms with van der Waals surface area (Å²) >= 11 is 0. The van der Waals surface area contributed by atoms with Gasteiger partial charge in [-0.05, 0) is 69.6 Å². The first kappa shape index (κ1) is 39.2. The topological polar surface area (TPSA) is 316 Å². The predicted octanol–water partition coefficient (Wildman–Crippen LogP) is -3.56. The fraction of sp³-hybridized carbons (Fsp3) is 0.600. The molecule has 1 aromatic rings. The Bertz CT molecular complexity index is 1270. The van der Waals surface area contributed by atoms with Crippen LogP contribution in [0.4, 0.5) is 9.59 Å². The quantitative estimate of drug-likeness (QED) is 0.0346. The fourth-order valence-electron chi connectivity index (χ4n) is 5.21. The van der Waals surface area contributed by atoms with E-state index in [9.17, 15) is 29.7 Å². The molecule has 2 saturated heterocycles. The van der Waals surface area contributed by atoms with Crippen LogP contribution in [0.25, 0.3) is 6.08 Å². The molecule has 2 aliphatic rings. The highest BCUT2D eigenvalue weighted by Gasteiger charge is 2.46. The number of carbonyl (C=O) groups is 3. The van der Waals surface area contributed by atoms with Crippen molar-refractivity contribution in [3.05, 3.63) is 35.9 Å². The standard InChI is InChI=1S/C30H50N10O9/c1-16-21(39-30(46)40-26-22(38-29(34)45)24(43)19(41)15-47-26)25(44)23(37-28(32)33)27(48-16)49-18-8-5-17(6-9-18)7-10-20(42)36-14-4-13-35-12-3-2-11-31/h5-10,16,19,21-27,35,41,43-44H,2-4,11-15,31H2,1H3,(H,36,42)(H4,32,33,37)(H3,34,38,45)(H2,39,40,46)/b10-7+/t16-,19-,21-,22-,23-,24+,25+,26-,27-/m1/s1. The molecule has 0 bridgehead atoms. The number of aliphatic imine (C=N–C) groups is 1. The summed E-state index contributed by atoms with van der Waals surface area (Å²) in [7, 11) is 0. The van der Waals surface area contributed by atoms with Crippen LogP contribution in [-0.2, 0) is 14.3 Å². The normalized spacial score (nSPS) is 28.3. The molecule has 1 aromatic carbocycles. The summed E-state index contributed by atoms with van der Waals surface area (Å²) in [6, 6.07) is 1.35. The molecular weight excluding hydrogens is 644 g/mol. The Morgan fingerprint density at radius 1 is 0.959 bits per heavy atom. The average Bonchev–Trinajstić information content (AvgIpc) is 3.05. The number of hydrogen-bond donors (Lipinski definition) is 12. The van der Waals surface area contributed by atoms with Gasteiger partial charge in [-0.3, -0.25) is 4.79 Å². The van der Waals surface area contributed by atoms with Crippen LogP contribution < -0.4 is 54.3 Å². The third-order valence-electron chi connectivity index (χ3n) is 7.76. The summed E-state index contributed by atoms with van der Waals surface area (Å²) < 4.78 is 17.3. The molecule has 0 aliphatic carbocycles. The van der Waals surface area contributed by atoms with Crippen molar-refractivity contribution in [2.75, 3.05) is 32.8 Å². The van der Waals surface area contributed by atoms with Crippen molar-refractivity contribution in [1.29, 1.82) is 0 Å². The van der Waals surface area contributed by atoms with Crippen LogP contribution in [0.1, 0.15) is 31.7 Å². The number of hydrogen-bond acceptors (Lipinski definition) is 12. The number of aliphatic hydroxyl groups is 3. The maximum absolute atomic E-state index is 12.9. The van der Waals surface area contributed by atoms with Crippen molar-refractivity contribution >= 4 is 30.0 Å². The molecule has 0 saturated carbocycles. The van der Waals surface area contributed by atoms with Gasteiger partial charge in [-0.15, -0.1) is 0 Å². The van der Waals surface area contributed by atoms with Crippen LogP contribution in [0.2, 0.25) is 0 Å². The van der Waals surface area contributed by atoms with Crippen molar-refractivity contribution in [1.82, 2.24) is 26.6 Å². The molecule has 2 fully saturated rings. The van der Waals surface area contributed by atoms with Crippen molar-refractivity contribution in [2.24, 2.45) is 27.9 Å². The number of amides is 5. The second kappa shape index (κ2) is 19.7. The number of nitrogens with one attached hydrogen (secondary N) is 5. The molecule has 9 atom stereocenters. The van der Waals surface area contributed by atoms with Gasteiger partial charge in [-0.25, -0.2) is 14.6 Å². The van der Waals surface area contributed by atoms with E-state index in [1.54, 1.807) is 37.3 Å². The van der Waals surface area contributed by atoms with Crippen LogP contribution in [-0.4, -0.2) is 127 Å². The number of primary amides is 1. The number of guanidine groups is 1. The first-order chi connectivity index (χ1) is 23.4. The Morgan fingerprint density at radius 2 is 1.67 bits per heavy atom. The predicted molar refractivity (Wildman–Crippen MR) is 179 cm³/mol. The molecule has 19 nitrogen and oxygen atoms in total. The van der Waals surface area contributed by atoms with Crippen molar-refractivity contribution in [3.63, 3.8) is 0 Å². The molecule has 0 unspecified atom stereocenters. The third kappa shape index (κ3) is 12.6. The van der Waals surface area contributed by atoms with Gasteiger partial charge in [0.15, 0.2) is 12.2 Å². The minimum absolute atomic E-state index is 0.219. The molecule has 19 heteroatoms. The number of nitrogens with two attached hydrogens (primary N) is 4. The number of nitrogens with zero attached hydrogens (tertiary/aromatic N) is 1. The van der Waals surface area contributed by atoms with E-state index >= 15 is 0 Å². The highest BCUT2D eigenvalue weighted by atomic mass is 16.7. The van der Waals surface area contributed by atoms with E-state index in [4.69, 9.17) is 37.1 Å². The van der Waals surface area contributed by atoms with Crippen LogP contribution >= 0.6 is 0 Å². The lowest BCUT2D eigenvalue weighted by Gasteiger charge is -2.42. The van der Waals surface area contributed by atoms with E-state index in [0.717, 1.165) is 37.9 Å². The highest BCUT2D eigenvalue weighted by Crippen LogP contribution is 2.27. The van der Waals surface area contributed by atoms with Gasteiger partial charge in [0.25, 0.3) is 0 Å². The maximum Gasteiger partial charge on any atom is 0.317 e. The number of urea groups is 2. The Balaban J connectivity index is 1.55. The zero-order valence-corrected chi connectivity index (χ0v) is 27.4. The zero-order valence-electron chi connectivity index (χ0n) is 27.4. The van der Waals surface area contributed by atoms with E-state index in [2.05, 4.69) is 31.6 Å². The van der Waals surface area contributed by atoms with E-state index in [0.29, 0.717) is 18.8 Å². The maximum atomic E-state index is 12.9. The van der Waals surface area contributed by atoms with Crippen LogP contribution in [0.5, 0.6) is 5.75 Å². The van der Waals surface area contributed by atoms with Gasteiger partial charge in [-0.1, -0.05) is 12.1 Å². The molecule has 5 amide bonds. The van der Waals surface area contributed by atoms with Crippen molar-refractivity contribution < 1.29 is 43.9 Å². The Kier molecular flexibility index (Phi) is 15.7. The van der Waals surface area contributed by atoms with Gasteiger partial charge in [0.05, 0.1) is 18.8 Å². The van der Waals surface area contributed by atoms with E-state index in [-0.39, 0.29) is 18.5 Å². The molecule has 2 aliphatic heterocycles. The third-order valence-corrected chi connectivity index (χ3v) is 7.76. The Hall–Kier alpha value is -4.24. The minimum atomic E-state index is -1.48. The molecule has 274 valence electrons. The summed E-state index contributed by atoms with van der Waals surface area (Å²) in [6.07, 6.45) is -1.59. The second-order valence-electron chi connectivity index (χ2n) is 11.6. The van der Waals surface area contributed by atoms with E-state index in [1.165, 1.54) is 6.08 Å². The first-order valence-electron chi connectivity index (χ1n) is 16.1. The molecule has 3 rings (SSSR count). The number of rotatable bonds is 16. The summed E-state index contributed by atoms with van der Waals surface area (Å²) in [4.78, 5) is 40.6. The van der Waals surface area contributed by atoms with Gasteiger partial charge in [0.2, 0.25) is 12.2 Å². The average molecular weight is 695 g/mol. The lowest BCUT2D eigenvalue weighted by Crippen LogP contribution is -2.68. The minimum Gasteiger partial charge on any atom is -0.462 e. The lowest BCUT2D eigenvalue weighted by atomic mass is 9.95. The Labute approximate surface area is 284 Å². The van der Waals surface area contributed by atoms with Gasteiger partial charge >= 0.3 is 12.1 Å². The number of benzene rings is 1. The van der Waals surface area contributed by atoms with Crippen LogP contribution in [0, 0.1) is 0 Å². The summed E-state index contributed by atoms with van der Waals surface area (Å²) in [5, 5.41) is 44.8. The van der Waals surface area contributed by atoms with Crippen molar-refractivity contribution in [2.45, 2.75) is 81.2 Å². The lowest BCUT2D eigenvalue weighted by molar-refractivity contribution is -0.193. The van der Waals surface area contributed by atoms with Gasteiger partial charge in [0.1, 0.15) is 36.1 Å². The van der Waals surface area contributed by atoms with E-state index < -0.39 is 67.1 Å². The fourth-order valence-corrected chi connectivity index (χ4v) is 5.21. The zero-order chi connectivity index (χ0) is 35.9. The van der Waals surface area contributed by atoms with Gasteiger partial charge in [-0.2, -0.15) is 0 Å². The van der Waals surface area contributed by atoms with Crippen LogP contribution in [0.15, 0.2) is 35.3 Å². The SMILES string of the molecule is C[C@H]1O[C@H](Oc2ccc(/C=C/C(=O)NCCCNCCCCN)cc2)[C@H](N=C(N)N)[C@@H](O)[C@@H]1NC(=O)N[C@@H]1OC[C@@H](O)[C@H](O)[C@H]1NC(N)=O. The van der Waals surface area contributed by atoms with Crippen LogP contribution in [0.3, 0.4) is 0 Å². The molecule has 0 radical (unpaired) electrons. The second-order valence-corrected chi connectivity index (χ2v) is 11.6. The largest absolute Gasteiger partial charge is 0.462 e. The number of carbonyl (C=O) groups excluding carboxylic acids is 3. The number of aliphatic hydroxyl groups excluding tert-OH is 3. The number of unbranched alkanes of at least 4 members (excludes halogenated alkanes) is 1. The number of ether oxygens (including phenoxy) is 3. The Morgan fingerprint density at radius 3 is 2.35 bits per heavy atom.